The molecule has 0 saturated carbocycles. The SMILES string of the molecule is NCC(O)c1ccc(O)c(NS(=O)(=O)c2ccccc2)c1. The quantitative estimate of drug-likeness (QED) is 0.620. The topological polar surface area (TPSA) is 113 Å². The van der Waals surface area contributed by atoms with Crippen molar-refractivity contribution in [3.63, 3.8) is 0 Å². The molecule has 0 bridgehead atoms. The Hall–Kier alpha value is -2.09. The van der Waals surface area contributed by atoms with Crippen LogP contribution in [0.5, 0.6) is 5.75 Å². The van der Waals surface area contributed by atoms with E-state index in [-0.39, 0.29) is 22.9 Å². The van der Waals surface area contributed by atoms with Crippen LogP contribution in [0, 0.1) is 0 Å². The highest BCUT2D eigenvalue weighted by molar-refractivity contribution is 7.92. The maximum Gasteiger partial charge on any atom is 0.262 e. The third-order valence-corrected chi connectivity index (χ3v) is 4.31. The number of aromatic hydroxyl groups is 1. The van der Waals surface area contributed by atoms with E-state index in [9.17, 15) is 18.6 Å². The molecule has 2 aromatic rings. The van der Waals surface area contributed by atoms with Gasteiger partial charge in [-0.1, -0.05) is 24.3 Å². The van der Waals surface area contributed by atoms with Gasteiger partial charge in [0, 0.05) is 6.54 Å². The Labute approximate surface area is 122 Å². The van der Waals surface area contributed by atoms with Gasteiger partial charge in [-0.3, -0.25) is 4.72 Å². The van der Waals surface area contributed by atoms with E-state index in [1.54, 1.807) is 18.2 Å². The van der Waals surface area contributed by atoms with Crippen LogP contribution in [0.25, 0.3) is 0 Å². The van der Waals surface area contributed by atoms with Gasteiger partial charge in [0.15, 0.2) is 0 Å². The third-order valence-electron chi connectivity index (χ3n) is 2.93. The number of sulfonamides is 1. The molecule has 6 nitrogen and oxygen atoms in total. The summed E-state index contributed by atoms with van der Waals surface area (Å²) in [5.41, 5.74) is 5.77. The number of aliphatic hydroxyl groups excluding tert-OH is 1. The number of hydrogen-bond acceptors (Lipinski definition) is 5. The summed E-state index contributed by atoms with van der Waals surface area (Å²) < 4.78 is 26.7. The fourth-order valence-corrected chi connectivity index (χ4v) is 2.87. The summed E-state index contributed by atoms with van der Waals surface area (Å²) in [5, 5.41) is 19.4. The van der Waals surface area contributed by atoms with Crippen molar-refractivity contribution in [1.82, 2.24) is 0 Å². The molecular formula is C14H16N2O4S. The minimum atomic E-state index is -3.81. The van der Waals surface area contributed by atoms with Crippen LogP contribution in [0.4, 0.5) is 5.69 Å². The number of anilines is 1. The Morgan fingerprint density at radius 2 is 1.81 bits per heavy atom. The van der Waals surface area contributed by atoms with Gasteiger partial charge in [0.2, 0.25) is 0 Å². The average Bonchev–Trinajstić information content (AvgIpc) is 2.49. The lowest BCUT2D eigenvalue weighted by molar-refractivity contribution is 0.186. The Balaban J connectivity index is 2.35. The minimum Gasteiger partial charge on any atom is -0.506 e. The fourth-order valence-electron chi connectivity index (χ4n) is 1.78. The van der Waals surface area contributed by atoms with E-state index in [4.69, 9.17) is 5.73 Å². The molecular weight excluding hydrogens is 292 g/mol. The normalized spacial score (nSPS) is 12.9. The van der Waals surface area contributed by atoms with Crippen molar-refractivity contribution >= 4 is 15.7 Å². The molecule has 0 aromatic heterocycles. The van der Waals surface area contributed by atoms with Crippen molar-refractivity contribution in [3.05, 3.63) is 54.1 Å². The summed E-state index contributed by atoms with van der Waals surface area (Å²) in [7, 11) is -3.81. The second kappa shape index (κ2) is 6.13. The number of benzene rings is 2. The smallest absolute Gasteiger partial charge is 0.262 e. The van der Waals surface area contributed by atoms with Crippen molar-refractivity contribution in [2.24, 2.45) is 5.73 Å². The van der Waals surface area contributed by atoms with Crippen LogP contribution in [0.2, 0.25) is 0 Å². The molecule has 0 fully saturated rings. The van der Waals surface area contributed by atoms with Crippen LogP contribution in [0.3, 0.4) is 0 Å². The van der Waals surface area contributed by atoms with Gasteiger partial charge in [-0.2, -0.15) is 0 Å². The van der Waals surface area contributed by atoms with Crippen molar-refractivity contribution in [2.75, 3.05) is 11.3 Å². The van der Waals surface area contributed by atoms with Gasteiger partial charge in [-0.05, 0) is 29.8 Å². The number of nitrogens with two attached hydrogens (primary N) is 1. The second-order valence-electron chi connectivity index (χ2n) is 4.45. The average molecular weight is 308 g/mol. The number of phenols is 1. The molecule has 0 aliphatic carbocycles. The van der Waals surface area contributed by atoms with Crippen molar-refractivity contribution in [3.8, 4) is 5.75 Å². The molecule has 2 rings (SSSR count). The van der Waals surface area contributed by atoms with Crippen LogP contribution in [0.1, 0.15) is 11.7 Å². The Morgan fingerprint density at radius 3 is 2.43 bits per heavy atom. The highest BCUT2D eigenvalue weighted by Crippen LogP contribution is 2.29. The zero-order valence-corrected chi connectivity index (χ0v) is 11.9. The Bertz CT molecular complexity index is 717. The summed E-state index contributed by atoms with van der Waals surface area (Å²) in [6.07, 6.45) is -0.925. The highest BCUT2D eigenvalue weighted by atomic mass is 32.2. The number of nitrogens with one attached hydrogen (secondary N) is 1. The van der Waals surface area contributed by atoms with Gasteiger partial charge in [0.05, 0.1) is 16.7 Å². The lowest BCUT2D eigenvalue weighted by atomic mass is 10.1. The van der Waals surface area contributed by atoms with E-state index in [1.807, 2.05) is 0 Å². The molecule has 1 unspecified atom stereocenters. The standard InChI is InChI=1S/C14H16N2O4S/c15-9-14(18)10-6-7-13(17)12(8-10)16-21(19,20)11-4-2-1-3-5-11/h1-8,14,16-18H,9,15H2. The Morgan fingerprint density at radius 1 is 1.14 bits per heavy atom. The molecule has 0 heterocycles. The van der Waals surface area contributed by atoms with Gasteiger partial charge in [-0.25, -0.2) is 8.42 Å². The zero-order valence-electron chi connectivity index (χ0n) is 11.1. The zero-order chi connectivity index (χ0) is 15.5. The lowest BCUT2D eigenvalue weighted by Crippen LogP contribution is -2.15. The first-order chi connectivity index (χ1) is 9.94. The molecule has 0 radical (unpaired) electrons. The van der Waals surface area contributed by atoms with Crippen LogP contribution >= 0.6 is 0 Å². The van der Waals surface area contributed by atoms with E-state index in [2.05, 4.69) is 4.72 Å². The van der Waals surface area contributed by atoms with Gasteiger partial charge in [0.1, 0.15) is 5.75 Å². The number of phenolic OH excluding ortho intramolecular Hbond substituents is 1. The summed E-state index contributed by atoms with van der Waals surface area (Å²) >= 11 is 0. The molecule has 5 N–H and O–H groups in total. The van der Waals surface area contributed by atoms with E-state index < -0.39 is 16.1 Å². The summed E-state index contributed by atoms with van der Waals surface area (Å²) in [4.78, 5) is 0.0779. The predicted molar refractivity (Wildman–Crippen MR) is 79.4 cm³/mol. The fraction of sp³-hybridized carbons (Fsp3) is 0.143. The van der Waals surface area contributed by atoms with E-state index >= 15 is 0 Å². The van der Waals surface area contributed by atoms with E-state index in [0.29, 0.717) is 5.56 Å². The Kier molecular flexibility index (Phi) is 4.46. The van der Waals surface area contributed by atoms with Crippen LogP contribution < -0.4 is 10.5 Å². The molecule has 0 saturated heterocycles. The maximum absolute atomic E-state index is 12.2. The first-order valence-electron chi connectivity index (χ1n) is 6.23. The molecule has 1 atom stereocenters. The van der Waals surface area contributed by atoms with Gasteiger partial charge in [-0.15, -0.1) is 0 Å². The summed E-state index contributed by atoms with van der Waals surface area (Å²) in [5.74, 6) is -0.234. The van der Waals surface area contributed by atoms with Crippen molar-refractivity contribution in [1.29, 1.82) is 0 Å². The first kappa shape index (κ1) is 15.3. The van der Waals surface area contributed by atoms with Crippen molar-refractivity contribution in [2.45, 2.75) is 11.0 Å². The first-order valence-corrected chi connectivity index (χ1v) is 7.71. The molecule has 112 valence electrons. The van der Waals surface area contributed by atoms with Crippen LogP contribution in [-0.4, -0.2) is 25.2 Å². The predicted octanol–water partition coefficient (Wildman–Crippen LogP) is 1.19. The monoisotopic (exact) mass is 308 g/mol. The third kappa shape index (κ3) is 3.52. The summed E-state index contributed by atoms with van der Waals surface area (Å²) in [6.45, 7) is -0.00431. The molecule has 0 amide bonds. The second-order valence-corrected chi connectivity index (χ2v) is 6.13. The lowest BCUT2D eigenvalue weighted by Gasteiger charge is -2.13. The molecule has 0 aliphatic heterocycles. The largest absolute Gasteiger partial charge is 0.506 e. The van der Waals surface area contributed by atoms with Crippen molar-refractivity contribution < 1.29 is 18.6 Å². The van der Waals surface area contributed by atoms with Crippen LogP contribution in [-0.2, 0) is 10.0 Å². The minimum absolute atomic E-state index is 0.00431. The molecule has 0 spiro atoms. The van der Waals surface area contributed by atoms with Gasteiger partial charge >= 0.3 is 0 Å². The molecule has 0 aliphatic rings. The number of rotatable bonds is 5. The number of hydrogen-bond donors (Lipinski definition) is 4. The molecule has 21 heavy (non-hydrogen) atoms. The van der Waals surface area contributed by atoms with Gasteiger partial charge < -0.3 is 15.9 Å². The summed E-state index contributed by atoms with van der Waals surface area (Å²) in [6, 6.07) is 11.9. The van der Waals surface area contributed by atoms with Gasteiger partial charge in [0.25, 0.3) is 10.0 Å². The van der Waals surface area contributed by atoms with E-state index in [0.717, 1.165) is 0 Å². The maximum atomic E-state index is 12.2. The highest BCUT2D eigenvalue weighted by Gasteiger charge is 2.17. The molecule has 7 heteroatoms. The van der Waals surface area contributed by atoms with Crippen LogP contribution in [0.15, 0.2) is 53.4 Å². The molecule has 2 aromatic carbocycles. The van der Waals surface area contributed by atoms with E-state index in [1.165, 1.54) is 30.3 Å². The number of aliphatic hydroxyl groups is 1.